The third-order valence-electron chi connectivity index (χ3n) is 3.70. The Bertz CT molecular complexity index is 578. The van der Waals surface area contributed by atoms with Crippen LogP contribution in [0, 0.1) is 3.57 Å². The van der Waals surface area contributed by atoms with Crippen molar-refractivity contribution in [1.29, 1.82) is 0 Å². The predicted molar refractivity (Wildman–Crippen MR) is 87.8 cm³/mol. The van der Waals surface area contributed by atoms with Gasteiger partial charge in [-0.1, -0.05) is 24.3 Å². The highest BCUT2D eigenvalue weighted by atomic mass is 127. The fourth-order valence-corrected chi connectivity index (χ4v) is 3.04. The van der Waals surface area contributed by atoms with Crippen LogP contribution in [0.25, 0.3) is 0 Å². The van der Waals surface area contributed by atoms with Crippen LogP contribution in [0.5, 0.6) is 0 Å². The van der Waals surface area contributed by atoms with Gasteiger partial charge >= 0.3 is 0 Å². The van der Waals surface area contributed by atoms with Crippen molar-refractivity contribution < 1.29 is 0 Å². The van der Waals surface area contributed by atoms with Crippen molar-refractivity contribution >= 4 is 28.3 Å². The highest BCUT2D eigenvalue weighted by molar-refractivity contribution is 14.1. The normalized spacial score (nSPS) is 15.2. The van der Waals surface area contributed by atoms with Gasteiger partial charge in [-0.3, -0.25) is 4.90 Å². The van der Waals surface area contributed by atoms with Crippen LogP contribution in [0.15, 0.2) is 42.5 Å². The molecule has 2 nitrogen and oxygen atoms in total. The molecule has 0 amide bonds. The molecule has 0 fully saturated rings. The molecule has 1 heterocycles. The summed E-state index contributed by atoms with van der Waals surface area (Å²) in [5, 5.41) is 0. The number of anilines is 1. The maximum Gasteiger partial charge on any atom is 0.0350 e. The molecule has 2 aromatic rings. The second-order valence-corrected chi connectivity index (χ2v) is 6.32. The number of rotatable bonds is 2. The zero-order valence-electron chi connectivity index (χ0n) is 10.8. The van der Waals surface area contributed by atoms with E-state index < -0.39 is 0 Å². The average Bonchev–Trinajstić information content (AvgIpc) is 2.42. The van der Waals surface area contributed by atoms with Crippen molar-refractivity contribution in [3.05, 3.63) is 62.7 Å². The van der Waals surface area contributed by atoms with Gasteiger partial charge in [0.05, 0.1) is 0 Å². The van der Waals surface area contributed by atoms with Gasteiger partial charge in [0.15, 0.2) is 0 Å². The Morgan fingerprint density at radius 1 is 1.11 bits per heavy atom. The fraction of sp³-hybridized carbons (Fsp3) is 0.250. The third-order valence-corrected chi connectivity index (χ3v) is 4.42. The minimum Gasteiger partial charge on any atom is -0.398 e. The minimum absolute atomic E-state index is 0.950. The molecule has 0 radical (unpaired) electrons. The van der Waals surface area contributed by atoms with Crippen LogP contribution < -0.4 is 5.73 Å². The molecule has 0 unspecified atom stereocenters. The van der Waals surface area contributed by atoms with E-state index in [1.807, 2.05) is 6.07 Å². The van der Waals surface area contributed by atoms with Gasteiger partial charge in [-0.15, -0.1) is 0 Å². The first-order valence-electron chi connectivity index (χ1n) is 6.55. The van der Waals surface area contributed by atoms with E-state index in [4.69, 9.17) is 5.73 Å². The average molecular weight is 364 g/mol. The van der Waals surface area contributed by atoms with Gasteiger partial charge in [-0.25, -0.2) is 0 Å². The molecule has 0 atom stereocenters. The maximum absolute atomic E-state index is 6.04. The number of benzene rings is 2. The van der Waals surface area contributed by atoms with Crippen molar-refractivity contribution in [2.75, 3.05) is 12.3 Å². The summed E-state index contributed by atoms with van der Waals surface area (Å²) in [5.74, 6) is 0. The molecule has 0 spiro atoms. The molecular weight excluding hydrogens is 347 g/mol. The van der Waals surface area contributed by atoms with Crippen molar-refractivity contribution in [3.8, 4) is 0 Å². The van der Waals surface area contributed by atoms with Crippen LogP contribution >= 0.6 is 22.6 Å². The van der Waals surface area contributed by atoms with Crippen molar-refractivity contribution in [3.63, 3.8) is 0 Å². The summed E-state index contributed by atoms with van der Waals surface area (Å²) in [6.45, 7) is 3.12. The smallest absolute Gasteiger partial charge is 0.0350 e. The predicted octanol–water partition coefficient (Wildman–Crippen LogP) is 3.43. The second kappa shape index (κ2) is 5.51. The molecule has 2 aromatic carbocycles. The molecule has 0 aliphatic carbocycles. The van der Waals surface area contributed by atoms with E-state index in [-0.39, 0.29) is 0 Å². The first-order chi connectivity index (χ1) is 9.22. The van der Waals surface area contributed by atoms with Crippen LogP contribution in [0.4, 0.5) is 5.69 Å². The number of nitrogens with zero attached hydrogens (tertiary/aromatic N) is 1. The summed E-state index contributed by atoms with van der Waals surface area (Å²) >= 11 is 2.34. The quantitative estimate of drug-likeness (QED) is 0.654. The summed E-state index contributed by atoms with van der Waals surface area (Å²) < 4.78 is 1.29. The molecule has 3 heteroatoms. The summed E-state index contributed by atoms with van der Waals surface area (Å²) in [6.07, 6.45) is 1.06. The molecule has 0 saturated carbocycles. The Morgan fingerprint density at radius 3 is 2.68 bits per heavy atom. The molecule has 1 aliphatic heterocycles. The van der Waals surface area contributed by atoms with E-state index in [9.17, 15) is 0 Å². The summed E-state index contributed by atoms with van der Waals surface area (Å²) in [4.78, 5) is 2.49. The molecule has 0 saturated heterocycles. The Balaban J connectivity index is 1.74. The van der Waals surface area contributed by atoms with Gasteiger partial charge in [0.1, 0.15) is 0 Å². The van der Waals surface area contributed by atoms with Gasteiger partial charge in [-0.2, -0.15) is 0 Å². The highest BCUT2D eigenvalue weighted by Crippen LogP contribution is 2.25. The number of halogens is 1. The Kier molecular flexibility index (Phi) is 3.75. The number of hydrogen-bond donors (Lipinski definition) is 1. The molecule has 3 rings (SSSR count). The van der Waals surface area contributed by atoms with Gasteiger partial charge < -0.3 is 5.73 Å². The van der Waals surface area contributed by atoms with Crippen LogP contribution in [0.2, 0.25) is 0 Å². The number of nitrogen functional groups attached to an aromatic ring is 1. The first-order valence-corrected chi connectivity index (χ1v) is 7.63. The van der Waals surface area contributed by atoms with Crippen molar-refractivity contribution in [1.82, 2.24) is 4.90 Å². The molecule has 2 N–H and O–H groups in total. The lowest BCUT2D eigenvalue weighted by molar-refractivity contribution is 0.246. The van der Waals surface area contributed by atoms with E-state index in [0.717, 1.165) is 31.7 Å². The monoisotopic (exact) mass is 364 g/mol. The molecule has 1 aliphatic rings. The lowest BCUT2D eigenvalue weighted by Gasteiger charge is -2.29. The standard InChI is InChI=1S/C16H17IN2/c17-14-6-4-12(5-7-14)10-19-9-8-15-13(11-19)2-1-3-16(15)18/h1-7H,8-11,18H2. The minimum atomic E-state index is 0.950. The molecule has 0 aromatic heterocycles. The van der Waals surface area contributed by atoms with Crippen LogP contribution in [-0.2, 0) is 19.5 Å². The summed E-state index contributed by atoms with van der Waals surface area (Å²) in [5.41, 5.74) is 11.1. The number of fused-ring (bicyclic) bond motifs is 1. The maximum atomic E-state index is 6.04. The van der Waals surface area contributed by atoms with E-state index >= 15 is 0 Å². The van der Waals surface area contributed by atoms with Crippen molar-refractivity contribution in [2.24, 2.45) is 0 Å². The molecule has 0 bridgehead atoms. The van der Waals surface area contributed by atoms with Gasteiger partial charge in [0.25, 0.3) is 0 Å². The molecule has 98 valence electrons. The second-order valence-electron chi connectivity index (χ2n) is 5.07. The number of hydrogen-bond acceptors (Lipinski definition) is 2. The fourth-order valence-electron chi connectivity index (χ4n) is 2.68. The highest BCUT2D eigenvalue weighted by Gasteiger charge is 2.17. The summed E-state index contributed by atoms with van der Waals surface area (Å²) in [7, 11) is 0. The Morgan fingerprint density at radius 2 is 1.89 bits per heavy atom. The van der Waals surface area contributed by atoms with E-state index in [1.54, 1.807) is 0 Å². The lowest BCUT2D eigenvalue weighted by Crippen LogP contribution is -2.30. The van der Waals surface area contributed by atoms with E-state index in [0.29, 0.717) is 0 Å². The van der Waals surface area contributed by atoms with E-state index in [1.165, 1.54) is 20.3 Å². The zero-order valence-corrected chi connectivity index (χ0v) is 12.9. The zero-order chi connectivity index (χ0) is 13.2. The molecular formula is C16H17IN2. The van der Waals surface area contributed by atoms with Gasteiger partial charge in [-0.05, 0) is 63.9 Å². The van der Waals surface area contributed by atoms with Crippen LogP contribution in [0.3, 0.4) is 0 Å². The van der Waals surface area contributed by atoms with Crippen LogP contribution in [0.1, 0.15) is 16.7 Å². The topological polar surface area (TPSA) is 29.3 Å². The third kappa shape index (κ3) is 2.92. The van der Waals surface area contributed by atoms with Crippen LogP contribution in [-0.4, -0.2) is 11.4 Å². The van der Waals surface area contributed by atoms with Gasteiger partial charge in [0.2, 0.25) is 0 Å². The Hall–Kier alpha value is -1.07. The largest absolute Gasteiger partial charge is 0.398 e. The first kappa shape index (κ1) is 12.9. The SMILES string of the molecule is Nc1cccc2c1CCN(Cc1ccc(I)cc1)C2. The van der Waals surface area contributed by atoms with Gasteiger partial charge in [0, 0.05) is 28.9 Å². The lowest BCUT2D eigenvalue weighted by atomic mass is 9.97. The summed E-state index contributed by atoms with van der Waals surface area (Å²) in [6, 6.07) is 15.0. The van der Waals surface area contributed by atoms with Crippen molar-refractivity contribution in [2.45, 2.75) is 19.5 Å². The molecule has 19 heavy (non-hydrogen) atoms. The van der Waals surface area contributed by atoms with E-state index in [2.05, 4.69) is 63.9 Å². The Labute approximate surface area is 127 Å². The number of nitrogens with two attached hydrogens (primary N) is 1.